The Labute approximate surface area is 88.3 Å². The number of nitrogens with zero attached hydrogens (tertiary/aromatic N) is 1. The van der Waals surface area contributed by atoms with Crippen molar-refractivity contribution in [2.45, 2.75) is 50.7 Å². The van der Waals surface area contributed by atoms with Crippen molar-refractivity contribution in [3.05, 3.63) is 16.1 Å². The van der Waals surface area contributed by atoms with E-state index in [-0.39, 0.29) is 0 Å². The predicted octanol–water partition coefficient (Wildman–Crippen LogP) is 2.74. The maximum Gasteiger partial charge on any atom is 0.0986 e. The number of hydrogen-bond acceptors (Lipinski definition) is 3. The molecule has 2 nitrogen and oxygen atoms in total. The van der Waals surface area contributed by atoms with E-state index in [1.54, 1.807) is 0 Å². The first-order chi connectivity index (χ1) is 6.86. The van der Waals surface area contributed by atoms with E-state index in [1.807, 2.05) is 11.3 Å². The quantitative estimate of drug-likeness (QED) is 0.747. The van der Waals surface area contributed by atoms with Gasteiger partial charge in [0, 0.05) is 11.3 Å². The molecule has 1 aromatic rings. The third kappa shape index (κ3) is 1.30. The molecule has 3 heterocycles. The van der Waals surface area contributed by atoms with Crippen LogP contribution in [0.3, 0.4) is 0 Å². The SMILES string of the molecule is CCc1csc(C2CC3CCC2O3)n1. The first-order valence-corrected chi connectivity index (χ1v) is 6.34. The number of rotatable bonds is 2. The number of fused-ring (bicyclic) bond motifs is 2. The maximum absolute atomic E-state index is 5.85. The van der Waals surface area contributed by atoms with Gasteiger partial charge in [-0.3, -0.25) is 0 Å². The average Bonchev–Trinajstić information content (AvgIpc) is 2.93. The Balaban J connectivity index is 1.82. The molecule has 1 aromatic heterocycles. The molecular formula is C11H15NOS. The highest BCUT2D eigenvalue weighted by molar-refractivity contribution is 7.09. The molecule has 14 heavy (non-hydrogen) atoms. The Hall–Kier alpha value is -0.410. The van der Waals surface area contributed by atoms with E-state index in [0.29, 0.717) is 18.1 Å². The van der Waals surface area contributed by atoms with Crippen LogP contribution in [0.15, 0.2) is 5.38 Å². The minimum Gasteiger partial charge on any atom is -0.374 e. The van der Waals surface area contributed by atoms with Crippen LogP contribution in [0.5, 0.6) is 0 Å². The lowest BCUT2D eigenvalue weighted by Crippen LogP contribution is -2.14. The van der Waals surface area contributed by atoms with Gasteiger partial charge < -0.3 is 4.74 Å². The monoisotopic (exact) mass is 209 g/mol. The zero-order valence-corrected chi connectivity index (χ0v) is 9.22. The van der Waals surface area contributed by atoms with Gasteiger partial charge in [0.2, 0.25) is 0 Å². The van der Waals surface area contributed by atoms with E-state index < -0.39 is 0 Å². The number of aryl methyl sites for hydroxylation is 1. The minimum absolute atomic E-state index is 0.482. The molecule has 3 rings (SSSR count). The smallest absolute Gasteiger partial charge is 0.0986 e. The van der Waals surface area contributed by atoms with Crippen LogP contribution in [0.4, 0.5) is 0 Å². The molecule has 3 unspecified atom stereocenters. The van der Waals surface area contributed by atoms with Crippen LogP contribution < -0.4 is 0 Å². The Morgan fingerprint density at radius 1 is 1.57 bits per heavy atom. The Morgan fingerprint density at radius 2 is 2.50 bits per heavy atom. The van der Waals surface area contributed by atoms with E-state index in [9.17, 15) is 0 Å². The largest absolute Gasteiger partial charge is 0.374 e. The van der Waals surface area contributed by atoms with Crippen LogP contribution in [0.25, 0.3) is 0 Å². The number of aromatic nitrogens is 1. The van der Waals surface area contributed by atoms with Gasteiger partial charge in [-0.25, -0.2) is 4.98 Å². The zero-order valence-electron chi connectivity index (χ0n) is 8.40. The lowest BCUT2D eigenvalue weighted by atomic mass is 9.90. The highest BCUT2D eigenvalue weighted by Gasteiger charge is 2.42. The van der Waals surface area contributed by atoms with Gasteiger partial charge >= 0.3 is 0 Å². The Morgan fingerprint density at radius 3 is 3.07 bits per heavy atom. The van der Waals surface area contributed by atoms with Crippen molar-refractivity contribution in [3.8, 4) is 0 Å². The van der Waals surface area contributed by atoms with E-state index in [2.05, 4.69) is 17.3 Å². The summed E-state index contributed by atoms with van der Waals surface area (Å²) in [7, 11) is 0. The number of thiazole rings is 1. The van der Waals surface area contributed by atoms with Gasteiger partial charge in [0.15, 0.2) is 0 Å². The van der Waals surface area contributed by atoms with E-state index in [4.69, 9.17) is 4.74 Å². The van der Waals surface area contributed by atoms with Crippen molar-refractivity contribution in [2.75, 3.05) is 0 Å². The Bertz CT molecular complexity index is 336. The standard InChI is InChI=1S/C11H15NOS/c1-2-7-6-14-11(12-7)9-5-8-3-4-10(9)13-8/h6,8-10H,2-5H2,1H3. The lowest BCUT2D eigenvalue weighted by molar-refractivity contribution is 0.100. The second kappa shape index (κ2) is 3.31. The van der Waals surface area contributed by atoms with Crippen molar-refractivity contribution < 1.29 is 4.74 Å². The fraction of sp³-hybridized carbons (Fsp3) is 0.727. The van der Waals surface area contributed by atoms with Crippen LogP contribution in [-0.2, 0) is 11.2 Å². The summed E-state index contributed by atoms with van der Waals surface area (Å²) in [4.78, 5) is 4.67. The molecule has 0 radical (unpaired) electrons. The second-order valence-corrected chi connectivity index (χ2v) is 5.14. The third-order valence-electron chi connectivity index (χ3n) is 3.35. The fourth-order valence-corrected chi connectivity index (χ4v) is 3.62. The molecule has 3 atom stereocenters. The highest BCUT2D eigenvalue weighted by atomic mass is 32.1. The van der Waals surface area contributed by atoms with Crippen molar-refractivity contribution in [1.29, 1.82) is 0 Å². The molecule has 76 valence electrons. The summed E-state index contributed by atoms with van der Waals surface area (Å²) in [6.07, 6.45) is 5.80. The van der Waals surface area contributed by atoms with Gasteiger partial charge in [0.1, 0.15) is 0 Å². The van der Waals surface area contributed by atoms with Crippen molar-refractivity contribution in [3.63, 3.8) is 0 Å². The minimum atomic E-state index is 0.482. The summed E-state index contributed by atoms with van der Waals surface area (Å²) in [5, 5.41) is 3.51. The molecule has 2 aliphatic heterocycles. The average molecular weight is 209 g/mol. The topological polar surface area (TPSA) is 22.1 Å². The van der Waals surface area contributed by atoms with Crippen LogP contribution in [-0.4, -0.2) is 17.2 Å². The van der Waals surface area contributed by atoms with Gasteiger partial charge in [-0.1, -0.05) is 6.92 Å². The first-order valence-electron chi connectivity index (χ1n) is 5.46. The molecule has 0 saturated carbocycles. The van der Waals surface area contributed by atoms with Gasteiger partial charge in [-0.2, -0.15) is 0 Å². The van der Waals surface area contributed by atoms with Crippen LogP contribution in [0.1, 0.15) is 42.8 Å². The highest BCUT2D eigenvalue weighted by Crippen LogP contribution is 2.45. The van der Waals surface area contributed by atoms with Gasteiger partial charge in [0.25, 0.3) is 0 Å². The molecule has 0 aliphatic carbocycles. The van der Waals surface area contributed by atoms with Crippen LogP contribution in [0, 0.1) is 0 Å². The summed E-state index contributed by atoms with van der Waals surface area (Å²) in [6.45, 7) is 2.16. The summed E-state index contributed by atoms with van der Waals surface area (Å²) in [5.41, 5.74) is 1.24. The summed E-state index contributed by atoms with van der Waals surface area (Å²) < 4.78 is 5.85. The predicted molar refractivity (Wildman–Crippen MR) is 56.7 cm³/mol. The van der Waals surface area contributed by atoms with E-state index >= 15 is 0 Å². The normalized spacial score (nSPS) is 35.4. The molecular weight excluding hydrogens is 194 g/mol. The molecule has 0 N–H and O–H groups in total. The van der Waals surface area contributed by atoms with Crippen LogP contribution >= 0.6 is 11.3 Å². The second-order valence-electron chi connectivity index (χ2n) is 4.25. The van der Waals surface area contributed by atoms with Crippen molar-refractivity contribution >= 4 is 11.3 Å². The molecule has 0 aromatic carbocycles. The molecule has 3 heteroatoms. The molecule has 2 aliphatic rings. The molecule has 2 bridgehead atoms. The first kappa shape index (κ1) is 8.86. The number of ether oxygens (including phenoxy) is 1. The van der Waals surface area contributed by atoms with Crippen LogP contribution in [0.2, 0.25) is 0 Å². The van der Waals surface area contributed by atoms with Gasteiger partial charge in [-0.05, 0) is 25.7 Å². The summed E-state index contributed by atoms with van der Waals surface area (Å²) in [6, 6.07) is 0. The third-order valence-corrected chi connectivity index (χ3v) is 4.38. The van der Waals surface area contributed by atoms with Crippen molar-refractivity contribution in [2.24, 2.45) is 0 Å². The fourth-order valence-electron chi connectivity index (χ4n) is 2.55. The van der Waals surface area contributed by atoms with Gasteiger partial charge in [0.05, 0.1) is 22.9 Å². The van der Waals surface area contributed by atoms with E-state index in [1.165, 1.54) is 30.0 Å². The molecule has 0 spiro atoms. The van der Waals surface area contributed by atoms with Crippen molar-refractivity contribution in [1.82, 2.24) is 4.98 Å². The maximum atomic E-state index is 5.85. The van der Waals surface area contributed by atoms with E-state index in [0.717, 1.165) is 6.42 Å². The lowest BCUT2D eigenvalue weighted by Gasteiger charge is -2.15. The molecule has 2 saturated heterocycles. The molecule has 0 amide bonds. The summed E-state index contributed by atoms with van der Waals surface area (Å²) in [5.74, 6) is 0.610. The summed E-state index contributed by atoms with van der Waals surface area (Å²) >= 11 is 1.82. The number of hydrogen-bond donors (Lipinski definition) is 0. The van der Waals surface area contributed by atoms with Gasteiger partial charge in [-0.15, -0.1) is 11.3 Å². The Kier molecular flexibility index (Phi) is 2.10. The zero-order chi connectivity index (χ0) is 9.54. The molecule has 2 fully saturated rings.